The first-order valence-corrected chi connectivity index (χ1v) is 8.53. The van der Waals surface area contributed by atoms with Gasteiger partial charge in [-0.15, -0.1) is 0 Å². The lowest BCUT2D eigenvalue weighted by Crippen LogP contribution is -2.48. The predicted molar refractivity (Wildman–Crippen MR) is 85.0 cm³/mol. The molecule has 2 aliphatic heterocycles. The van der Waals surface area contributed by atoms with E-state index < -0.39 is 0 Å². The van der Waals surface area contributed by atoms with E-state index in [4.69, 9.17) is 0 Å². The molecule has 0 saturated carbocycles. The third kappa shape index (κ3) is 3.16. The number of aromatic nitrogens is 2. The van der Waals surface area contributed by atoms with E-state index in [9.17, 15) is 4.79 Å². The zero-order valence-electron chi connectivity index (χ0n) is 12.7. The van der Waals surface area contributed by atoms with Crippen molar-refractivity contribution in [2.75, 3.05) is 7.05 Å². The summed E-state index contributed by atoms with van der Waals surface area (Å²) in [7, 11) is 2.22. The Balaban J connectivity index is 1.48. The number of carbonyl (C=O) groups is 1. The molecule has 1 aromatic rings. The molecule has 5 nitrogen and oxygen atoms in total. The van der Waals surface area contributed by atoms with Gasteiger partial charge in [0.1, 0.15) is 0 Å². The van der Waals surface area contributed by atoms with Gasteiger partial charge in [-0.1, -0.05) is 0 Å². The molecule has 2 bridgehead atoms. The van der Waals surface area contributed by atoms with Crippen molar-refractivity contribution in [3.05, 3.63) is 16.4 Å². The van der Waals surface area contributed by atoms with Crippen LogP contribution in [0.2, 0.25) is 0 Å². The average Bonchev–Trinajstić information content (AvgIpc) is 2.85. The fourth-order valence-electron chi connectivity index (χ4n) is 3.69. The van der Waals surface area contributed by atoms with Crippen molar-refractivity contribution in [1.82, 2.24) is 20.0 Å². The Hall–Kier alpha value is -0.880. The van der Waals surface area contributed by atoms with Crippen molar-refractivity contribution >= 4 is 21.8 Å². The summed E-state index contributed by atoms with van der Waals surface area (Å²) in [5, 5.41) is 7.48. The SMILES string of the molecule is Cc1c(Br)cnn1CCC(=O)NC1CC2CCC(C1)N2C. The van der Waals surface area contributed by atoms with Crippen LogP contribution in [-0.2, 0) is 11.3 Å². The van der Waals surface area contributed by atoms with Crippen LogP contribution in [0.1, 0.15) is 37.8 Å². The number of nitrogens with one attached hydrogen (secondary N) is 1. The van der Waals surface area contributed by atoms with Crippen LogP contribution in [-0.4, -0.2) is 45.8 Å². The van der Waals surface area contributed by atoms with Gasteiger partial charge >= 0.3 is 0 Å². The normalized spacial score (nSPS) is 28.8. The fraction of sp³-hybridized carbons (Fsp3) is 0.733. The van der Waals surface area contributed by atoms with Crippen LogP contribution in [0, 0.1) is 6.92 Å². The lowest BCUT2D eigenvalue weighted by atomic mass is 9.98. The Kier molecular flexibility index (Phi) is 4.36. The molecule has 1 N–H and O–H groups in total. The summed E-state index contributed by atoms with van der Waals surface area (Å²) in [5.41, 5.74) is 1.07. The van der Waals surface area contributed by atoms with Gasteiger partial charge in [0, 0.05) is 36.8 Å². The van der Waals surface area contributed by atoms with Gasteiger partial charge in [-0.3, -0.25) is 9.48 Å². The maximum atomic E-state index is 12.1. The Bertz CT molecular complexity index is 516. The Morgan fingerprint density at radius 2 is 2.10 bits per heavy atom. The van der Waals surface area contributed by atoms with Gasteiger partial charge in [-0.05, 0) is 55.6 Å². The van der Waals surface area contributed by atoms with Crippen molar-refractivity contribution in [2.24, 2.45) is 0 Å². The largest absolute Gasteiger partial charge is 0.353 e. The third-order valence-electron chi connectivity index (χ3n) is 5.06. The topological polar surface area (TPSA) is 50.2 Å². The summed E-state index contributed by atoms with van der Waals surface area (Å²) in [6.07, 6.45) is 7.05. The number of halogens is 1. The number of hydrogen-bond donors (Lipinski definition) is 1. The molecular weight excluding hydrogens is 332 g/mol. The first-order chi connectivity index (χ1) is 10.0. The third-order valence-corrected chi connectivity index (χ3v) is 5.84. The summed E-state index contributed by atoms with van der Waals surface area (Å²) >= 11 is 3.44. The average molecular weight is 355 g/mol. The van der Waals surface area contributed by atoms with Crippen LogP contribution >= 0.6 is 15.9 Å². The quantitative estimate of drug-likeness (QED) is 0.900. The molecule has 0 radical (unpaired) electrons. The van der Waals surface area contributed by atoms with Gasteiger partial charge in [0.15, 0.2) is 0 Å². The highest BCUT2D eigenvalue weighted by Gasteiger charge is 2.38. The van der Waals surface area contributed by atoms with Crippen molar-refractivity contribution in [3.63, 3.8) is 0 Å². The number of fused-ring (bicyclic) bond motifs is 2. The molecule has 2 saturated heterocycles. The van der Waals surface area contributed by atoms with E-state index in [1.54, 1.807) is 6.20 Å². The zero-order valence-corrected chi connectivity index (χ0v) is 14.3. The van der Waals surface area contributed by atoms with E-state index in [2.05, 4.69) is 38.3 Å². The number of amides is 1. The van der Waals surface area contributed by atoms with Crippen LogP contribution in [0.4, 0.5) is 0 Å². The molecule has 0 spiro atoms. The Labute approximate surface area is 134 Å². The molecule has 1 aromatic heterocycles. The second kappa shape index (κ2) is 6.08. The molecule has 1 amide bonds. The maximum Gasteiger partial charge on any atom is 0.222 e. The van der Waals surface area contributed by atoms with Crippen molar-refractivity contribution < 1.29 is 4.79 Å². The van der Waals surface area contributed by atoms with Crippen LogP contribution in [0.15, 0.2) is 10.7 Å². The smallest absolute Gasteiger partial charge is 0.222 e. The lowest BCUT2D eigenvalue weighted by Gasteiger charge is -2.36. The summed E-state index contributed by atoms with van der Waals surface area (Å²) in [4.78, 5) is 14.6. The molecule has 2 unspecified atom stereocenters. The van der Waals surface area contributed by atoms with Gasteiger partial charge < -0.3 is 10.2 Å². The minimum atomic E-state index is 0.148. The van der Waals surface area contributed by atoms with Crippen LogP contribution in [0.25, 0.3) is 0 Å². The molecule has 0 aliphatic carbocycles. The summed E-state index contributed by atoms with van der Waals surface area (Å²) < 4.78 is 2.87. The molecule has 3 rings (SSSR count). The van der Waals surface area contributed by atoms with Gasteiger partial charge in [0.25, 0.3) is 0 Å². The standard InChI is InChI=1S/C15H23BrN4O/c1-10-14(16)9-17-20(10)6-5-15(21)18-11-7-12-3-4-13(8-11)19(12)2/h9,11-13H,3-8H2,1-2H3,(H,18,21). The van der Waals surface area contributed by atoms with Gasteiger partial charge in [0.05, 0.1) is 10.7 Å². The number of hydrogen-bond acceptors (Lipinski definition) is 3. The maximum absolute atomic E-state index is 12.1. The van der Waals surface area contributed by atoms with E-state index in [0.717, 1.165) is 23.0 Å². The summed E-state index contributed by atoms with van der Waals surface area (Å²) in [6, 6.07) is 1.69. The monoisotopic (exact) mass is 354 g/mol. The predicted octanol–water partition coefficient (Wildman–Crippen LogP) is 2.09. The van der Waals surface area contributed by atoms with E-state index in [1.807, 2.05) is 11.6 Å². The van der Waals surface area contributed by atoms with E-state index in [1.165, 1.54) is 12.8 Å². The zero-order chi connectivity index (χ0) is 15.0. The summed E-state index contributed by atoms with van der Waals surface area (Å²) in [5.74, 6) is 0.148. The van der Waals surface area contributed by atoms with Crippen LogP contribution in [0.3, 0.4) is 0 Å². The minimum absolute atomic E-state index is 0.148. The molecule has 21 heavy (non-hydrogen) atoms. The van der Waals surface area contributed by atoms with Crippen LogP contribution < -0.4 is 5.32 Å². The van der Waals surface area contributed by atoms with Gasteiger partial charge in [-0.2, -0.15) is 5.10 Å². The molecule has 116 valence electrons. The lowest BCUT2D eigenvalue weighted by molar-refractivity contribution is -0.122. The van der Waals surface area contributed by atoms with Crippen molar-refractivity contribution in [1.29, 1.82) is 0 Å². The number of carbonyl (C=O) groups excluding carboxylic acids is 1. The number of aryl methyl sites for hydroxylation is 1. The molecule has 2 fully saturated rings. The van der Waals surface area contributed by atoms with Crippen LogP contribution in [0.5, 0.6) is 0 Å². The molecule has 2 atom stereocenters. The molecule has 0 aromatic carbocycles. The Morgan fingerprint density at radius 3 is 2.67 bits per heavy atom. The number of nitrogens with zero attached hydrogens (tertiary/aromatic N) is 3. The van der Waals surface area contributed by atoms with E-state index >= 15 is 0 Å². The first kappa shape index (κ1) is 15.0. The van der Waals surface area contributed by atoms with Crippen molar-refractivity contribution in [3.8, 4) is 0 Å². The second-order valence-electron chi connectivity index (χ2n) is 6.34. The highest BCUT2D eigenvalue weighted by molar-refractivity contribution is 9.10. The van der Waals surface area contributed by atoms with E-state index in [0.29, 0.717) is 31.1 Å². The second-order valence-corrected chi connectivity index (χ2v) is 7.19. The summed E-state index contributed by atoms with van der Waals surface area (Å²) in [6.45, 7) is 2.65. The molecule has 6 heteroatoms. The van der Waals surface area contributed by atoms with Gasteiger partial charge in [-0.25, -0.2) is 0 Å². The molecule has 3 heterocycles. The molecule has 2 aliphatic rings. The highest BCUT2D eigenvalue weighted by atomic mass is 79.9. The number of piperidine rings is 1. The molecular formula is C15H23BrN4O. The number of rotatable bonds is 4. The van der Waals surface area contributed by atoms with Crippen molar-refractivity contribution in [2.45, 2.75) is 63.7 Å². The Morgan fingerprint density at radius 1 is 1.43 bits per heavy atom. The highest BCUT2D eigenvalue weighted by Crippen LogP contribution is 2.34. The minimum Gasteiger partial charge on any atom is -0.353 e. The first-order valence-electron chi connectivity index (χ1n) is 7.74. The van der Waals surface area contributed by atoms with Gasteiger partial charge in [0.2, 0.25) is 5.91 Å². The fourth-order valence-corrected chi connectivity index (χ4v) is 3.98. The van der Waals surface area contributed by atoms with E-state index in [-0.39, 0.29) is 5.91 Å².